The lowest BCUT2D eigenvalue weighted by Gasteiger charge is -2.18. The summed E-state index contributed by atoms with van der Waals surface area (Å²) in [5, 5.41) is 4.03. The van der Waals surface area contributed by atoms with Gasteiger partial charge < -0.3 is 4.74 Å². The third kappa shape index (κ3) is 2.68. The molecule has 2 aliphatic rings. The number of aryl methyl sites for hydroxylation is 1. The number of hydrogen-bond donors (Lipinski definition) is 1. The molecule has 1 aromatic rings. The summed E-state index contributed by atoms with van der Waals surface area (Å²) >= 11 is 0. The molecule has 1 N–H and O–H groups in total. The van der Waals surface area contributed by atoms with Crippen LogP contribution in [0.1, 0.15) is 37.9 Å². The Balaban J connectivity index is 1.74. The molecule has 1 saturated carbocycles. The van der Waals surface area contributed by atoms with E-state index in [-0.39, 0.29) is 17.4 Å². The summed E-state index contributed by atoms with van der Waals surface area (Å²) < 4.78 is 34.3. The van der Waals surface area contributed by atoms with E-state index < -0.39 is 10.0 Å². The van der Waals surface area contributed by atoms with Crippen LogP contribution in [-0.4, -0.2) is 36.1 Å². The molecular weight excluding hydrogens is 266 g/mol. The highest BCUT2D eigenvalue weighted by Gasteiger charge is 2.40. The number of aromatic nitrogens is 2. The van der Waals surface area contributed by atoms with Gasteiger partial charge in [0.25, 0.3) is 0 Å². The van der Waals surface area contributed by atoms with Crippen LogP contribution in [0.3, 0.4) is 0 Å². The first-order valence-corrected chi connectivity index (χ1v) is 8.30. The predicted octanol–water partition coefficient (Wildman–Crippen LogP) is 0.815. The van der Waals surface area contributed by atoms with Crippen molar-refractivity contribution in [2.75, 3.05) is 6.61 Å². The van der Waals surface area contributed by atoms with Crippen molar-refractivity contribution in [3.8, 4) is 0 Å². The lowest BCUT2D eigenvalue weighted by atomic mass is 10.1. The summed E-state index contributed by atoms with van der Waals surface area (Å²) in [7, 11) is -3.17. The van der Waals surface area contributed by atoms with Gasteiger partial charge in [0.15, 0.2) is 0 Å². The van der Waals surface area contributed by atoms with Crippen molar-refractivity contribution in [1.29, 1.82) is 0 Å². The number of nitrogens with zero attached hydrogens (tertiary/aromatic N) is 2. The molecule has 6 nitrogen and oxygen atoms in total. The van der Waals surface area contributed by atoms with E-state index in [1.165, 1.54) is 0 Å². The topological polar surface area (TPSA) is 73.2 Å². The fourth-order valence-electron chi connectivity index (χ4n) is 2.42. The van der Waals surface area contributed by atoms with E-state index in [0.29, 0.717) is 13.0 Å². The molecule has 2 fully saturated rings. The quantitative estimate of drug-likeness (QED) is 0.869. The minimum atomic E-state index is -3.17. The Hall–Kier alpha value is -0.920. The average Bonchev–Trinajstić information content (AvgIpc) is 2.98. The molecule has 19 heavy (non-hydrogen) atoms. The van der Waals surface area contributed by atoms with E-state index in [0.717, 1.165) is 24.9 Å². The van der Waals surface area contributed by atoms with Crippen LogP contribution in [0, 0.1) is 0 Å². The van der Waals surface area contributed by atoms with Crippen LogP contribution in [0.5, 0.6) is 0 Å². The molecule has 0 spiro atoms. The Labute approximate surface area is 113 Å². The number of hydrogen-bond acceptors (Lipinski definition) is 4. The van der Waals surface area contributed by atoms with Crippen molar-refractivity contribution in [3.63, 3.8) is 0 Å². The van der Waals surface area contributed by atoms with Crippen LogP contribution in [0.2, 0.25) is 0 Å². The minimum absolute atomic E-state index is 0.167. The predicted molar refractivity (Wildman–Crippen MR) is 70.1 cm³/mol. The van der Waals surface area contributed by atoms with Gasteiger partial charge in [-0.1, -0.05) is 0 Å². The van der Waals surface area contributed by atoms with E-state index in [1.54, 1.807) is 6.20 Å². The van der Waals surface area contributed by atoms with Gasteiger partial charge in [-0.15, -0.1) is 0 Å². The van der Waals surface area contributed by atoms with Gasteiger partial charge in [0, 0.05) is 24.9 Å². The van der Waals surface area contributed by atoms with E-state index in [1.807, 2.05) is 17.8 Å². The standard InChI is InChI=1S/C12H19N3O3S/c1-2-15-8-9(7-13-15)12-11(5-6-18-12)14-19(16,17)10-3-4-10/h7-8,10-12,14H,2-6H2,1H3/t11-,12+/m0/s1. The first kappa shape index (κ1) is 13.1. The summed E-state index contributed by atoms with van der Waals surface area (Å²) in [5.41, 5.74) is 0.947. The number of rotatable bonds is 5. The van der Waals surface area contributed by atoms with Crippen molar-refractivity contribution in [1.82, 2.24) is 14.5 Å². The first-order valence-electron chi connectivity index (χ1n) is 6.75. The minimum Gasteiger partial charge on any atom is -0.372 e. The van der Waals surface area contributed by atoms with Gasteiger partial charge in [-0.05, 0) is 26.2 Å². The molecule has 2 atom stereocenters. The van der Waals surface area contributed by atoms with Gasteiger partial charge in [-0.3, -0.25) is 4.68 Å². The van der Waals surface area contributed by atoms with E-state index in [4.69, 9.17) is 4.74 Å². The molecule has 0 unspecified atom stereocenters. The van der Waals surface area contributed by atoms with Crippen LogP contribution in [0.25, 0.3) is 0 Å². The maximum absolute atomic E-state index is 12.0. The van der Waals surface area contributed by atoms with Crippen LogP contribution >= 0.6 is 0 Å². The molecule has 1 aliphatic carbocycles. The molecule has 0 bridgehead atoms. The van der Waals surface area contributed by atoms with E-state index in [9.17, 15) is 8.42 Å². The Morgan fingerprint density at radius 3 is 2.89 bits per heavy atom. The van der Waals surface area contributed by atoms with Crippen LogP contribution in [-0.2, 0) is 21.3 Å². The smallest absolute Gasteiger partial charge is 0.214 e. The SMILES string of the molecule is CCn1cc([C@H]2OCC[C@@H]2NS(=O)(=O)C2CC2)cn1. The normalized spacial score (nSPS) is 27.8. The molecule has 0 aromatic carbocycles. The first-order chi connectivity index (χ1) is 9.10. The highest BCUT2D eigenvalue weighted by atomic mass is 32.2. The molecule has 7 heteroatoms. The Morgan fingerprint density at radius 1 is 1.47 bits per heavy atom. The Morgan fingerprint density at radius 2 is 2.26 bits per heavy atom. The van der Waals surface area contributed by atoms with Crippen LogP contribution in [0.4, 0.5) is 0 Å². The average molecular weight is 285 g/mol. The van der Waals surface area contributed by atoms with Crippen molar-refractivity contribution >= 4 is 10.0 Å². The summed E-state index contributed by atoms with van der Waals surface area (Å²) in [4.78, 5) is 0. The summed E-state index contributed by atoms with van der Waals surface area (Å²) in [6.45, 7) is 3.39. The molecule has 0 radical (unpaired) electrons. The number of nitrogens with one attached hydrogen (secondary N) is 1. The number of ether oxygens (including phenoxy) is 1. The van der Waals surface area contributed by atoms with Crippen LogP contribution < -0.4 is 4.72 Å². The van der Waals surface area contributed by atoms with Gasteiger partial charge >= 0.3 is 0 Å². The summed E-state index contributed by atoms with van der Waals surface area (Å²) in [5.74, 6) is 0. The second kappa shape index (κ2) is 4.88. The zero-order valence-corrected chi connectivity index (χ0v) is 11.8. The third-order valence-corrected chi connectivity index (χ3v) is 5.66. The molecule has 1 aromatic heterocycles. The summed E-state index contributed by atoms with van der Waals surface area (Å²) in [6, 6.07) is -0.167. The van der Waals surface area contributed by atoms with Crippen molar-refractivity contribution in [3.05, 3.63) is 18.0 Å². The Kier molecular flexibility index (Phi) is 3.36. The molecular formula is C12H19N3O3S. The third-order valence-electron chi connectivity index (χ3n) is 3.68. The molecule has 1 aliphatic heterocycles. The van der Waals surface area contributed by atoms with Crippen LogP contribution in [0.15, 0.2) is 12.4 Å². The fourth-order valence-corrected chi connectivity index (χ4v) is 4.04. The van der Waals surface area contributed by atoms with Crippen molar-refractivity contribution in [2.24, 2.45) is 0 Å². The monoisotopic (exact) mass is 285 g/mol. The molecule has 1 saturated heterocycles. The number of sulfonamides is 1. The second-order valence-corrected chi connectivity index (χ2v) is 7.17. The summed E-state index contributed by atoms with van der Waals surface area (Å²) in [6.07, 6.45) is 5.75. The maximum Gasteiger partial charge on any atom is 0.214 e. The zero-order chi connectivity index (χ0) is 13.5. The van der Waals surface area contributed by atoms with Gasteiger partial charge in [-0.2, -0.15) is 5.10 Å². The van der Waals surface area contributed by atoms with E-state index in [2.05, 4.69) is 9.82 Å². The van der Waals surface area contributed by atoms with E-state index >= 15 is 0 Å². The van der Waals surface area contributed by atoms with Gasteiger partial charge in [-0.25, -0.2) is 13.1 Å². The molecule has 106 valence electrons. The highest BCUT2D eigenvalue weighted by molar-refractivity contribution is 7.90. The van der Waals surface area contributed by atoms with Gasteiger partial charge in [0.2, 0.25) is 10.0 Å². The molecule has 0 amide bonds. The molecule has 3 rings (SSSR count). The largest absolute Gasteiger partial charge is 0.372 e. The van der Waals surface area contributed by atoms with Gasteiger partial charge in [0.05, 0.1) is 17.5 Å². The fraction of sp³-hybridized carbons (Fsp3) is 0.750. The highest BCUT2D eigenvalue weighted by Crippen LogP contribution is 2.33. The lowest BCUT2D eigenvalue weighted by Crippen LogP contribution is -2.38. The van der Waals surface area contributed by atoms with Gasteiger partial charge in [0.1, 0.15) is 6.10 Å². The lowest BCUT2D eigenvalue weighted by molar-refractivity contribution is 0.102. The molecule has 2 heterocycles. The zero-order valence-electron chi connectivity index (χ0n) is 10.9. The maximum atomic E-state index is 12.0. The second-order valence-electron chi connectivity index (χ2n) is 5.18. The van der Waals surface area contributed by atoms with Crippen molar-refractivity contribution in [2.45, 2.75) is 50.1 Å². The Bertz CT molecular complexity index is 550. The van der Waals surface area contributed by atoms with Crippen molar-refractivity contribution < 1.29 is 13.2 Å².